The SMILES string of the molecule is CCOc1cc2c(cc1OCC)C[NH+](Cn1[nH]c(-c3ccccc3)nc1=S)CC2. The molecule has 0 radical (unpaired) electrons. The molecule has 2 heterocycles. The van der Waals surface area contributed by atoms with Crippen LogP contribution in [0.3, 0.4) is 0 Å². The molecule has 7 heteroatoms. The van der Waals surface area contributed by atoms with Crippen molar-refractivity contribution in [1.82, 2.24) is 14.8 Å². The topological polar surface area (TPSA) is 56.5 Å². The Morgan fingerprint density at radius 1 is 1.07 bits per heavy atom. The third kappa shape index (κ3) is 4.36. The summed E-state index contributed by atoms with van der Waals surface area (Å²) in [7, 11) is 0. The van der Waals surface area contributed by atoms with E-state index < -0.39 is 0 Å². The Hall–Kier alpha value is -2.64. The van der Waals surface area contributed by atoms with Crippen LogP contribution in [-0.4, -0.2) is 34.5 Å². The summed E-state index contributed by atoms with van der Waals surface area (Å²) < 4.78 is 14.1. The number of rotatable bonds is 7. The third-order valence-electron chi connectivity index (χ3n) is 5.16. The number of ether oxygens (including phenoxy) is 2. The monoisotopic (exact) mass is 411 g/mol. The number of hydrogen-bond acceptors (Lipinski definition) is 4. The molecule has 29 heavy (non-hydrogen) atoms. The van der Waals surface area contributed by atoms with Crippen LogP contribution in [-0.2, 0) is 19.6 Å². The van der Waals surface area contributed by atoms with Gasteiger partial charge in [0, 0.05) is 17.5 Å². The second-order valence-corrected chi connectivity index (χ2v) is 7.53. The molecule has 0 saturated carbocycles. The maximum Gasteiger partial charge on any atom is 0.221 e. The summed E-state index contributed by atoms with van der Waals surface area (Å²) in [5, 5.41) is 3.36. The Morgan fingerprint density at radius 2 is 1.76 bits per heavy atom. The average Bonchev–Trinajstić information content (AvgIpc) is 3.10. The van der Waals surface area contributed by atoms with Crippen LogP contribution in [0.1, 0.15) is 25.0 Å². The predicted molar refractivity (Wildman–Crippen MR) is 115 cm³/mol. The van der Waals surface area contributed by atoms with E-state index in [0.29, 0.717) is 18.0 Å². The largest absolute Gasteiger partial charge is 0.490 e. The van der Waals surface area contributed by atoms with Gasteiger partial charge in [-0.05, 0) is 43.8 Å². The first-order chi connectivity index (χ1) is 14.2. The van der Waals surface area contributed by atoms with Gasteiger partial charge in [0.1, 0.15) is 6.54 Å². The van der Waals surface area contributed by atoms with Crippen molar-refractivity contribution in [2.45, 2.75) is 33.5 Å². The number of nitrogens with zero attached hydrogens (tertiary/aromatic N) is 2. The Kier molecular flexibility index (Phi) is 5.97. The van der Waals surface area contributed by atoms with Gasteiger partial charge in [-0.1, -0.05) is 30.3 Å². The van der Waals surface area contributed by atoms with E-state index >= 15 is 0 Å². The lowest BCUT2D eigenvalue weighted by molar-refractivity contribution is -0.939. The first-order valence-corrected chi connectivity index (χ1v) is 10.6. The summed E-state index contributed by atoms with van der Waals surface area (Å²) in [6.07, 6.45) is 1.00. The molecule has 2 aromatic carbocycles. The van der Waals surface area contributed by atoms with Gasteiger partial charge in [0.05, 0.1) is 19.8 Å². The van der Waals surface area contributed by atoms with Gasteiger partial charge in [0.2, 0.25) is 4.77 Å². The smallest absolute Gasteiger partial charge is 0.221 e. The number of benzene rings is 2. The van der Waals surface area contributed by atoms with Crippen molar-refractivity contribution in [2.75, 3.05) is 19.8 Å². The van der Waals surface area contributed by atoms with Crippen molar-refractivity contribution in [1.29, 1.82) is 0 Å². The Bertz CT molecular complexity index is 1030. The molecule has 1 unspecified atom stereocenters. The highest BCUT2D eigenvalue weighted by Gasteiger charge is 2.23. The molecule has 0 saturated heterocycles. The molecule has 1 aliphatic heterocycles. The molecule has 0 amide bonds. The average molecular weight is 412 g/mol. The molecule has 0 fully saturated rings. The fourth-order valence-corrected chi connectivity index (χ4v) is 4.00. The molecular formula is C22H27N4O2S+. The van der Waals surface area contributed by atoms with E-state index in [2.05, 4.69) is 22.2 Å². The van der Waals surface area contributed by atoms with Crippen molar-refractivity contribution in [3.05, 3.63) is 58.4 Å². The van der Waals surface area contributed by atoms with Gasteiger partial charge in [0.25, 0.3) is 0 Å². The first kappa shape index (κ1) is 19.7. The Balaban J connectivity index is 1.53. The molecule has 4 rings (SSSR count). The maximum atomic E-state index is 5.81. The van der Waals surface area contributed by atoms with Crippen LogP contribution in [0, 0.1) is 4.77 Å². The van der Waals surface area contributed by atoms with Gasteiger partial charge < -0.3 is 14.4 Å². The standard InChI is InChI=1S/C22H26N4O2S/c1-3-27-19-12-17-10-11-25(14-18(17)13-20(19)28-4-2)15-26-22(29)23-21(24-26)16-8-6-5-7-9-16/h5-9,12-13H,3-4,10-11,14-15H2,1-2H3,(H,23,24,29)/p+1. The summed E-state index contributed by atoms with van der Waals surface area (Å²) in [5.74, 6) is 2.49. The lowest BCUT2D eigenvalue weighted by Gasteiger charge is -2.27. The van der Waals surface area contributed by atoms with Gasteiger partial charge in [-0.3, -0.25) is 5.10 Å². The van der Waals surface area contributed by atoms with E-state index in [4.69, 9.17) is 21.7 Å². The number of hydrogen-bond donors (Lipinski definition) is 2. The lowest BCUT2D eigenvalue weighted by atomic mass is 9.99. The molecule has 1 aliphatic rings. The summed E-state index contributed by atoms with van der Waals surface area (Å²) in [6.45, 7) is 7.97. The van der Waals surface area contributed by atoms with Crippen molar-refractivity contribution in [3.63, 3.8) is 0 Å². The summed E-state index contributed by atoms with van der Waals surface area (Å²) in [6, 6.07) is 14.4. The van der Waals surface area contributed by atoms with Gasteiger partial charge >= 0.3 is 0 Å². The zero-order valence-electron chi connectivity index (χ0n) is 16.9. The minimum Gasteiger partial charge on any atom is -0.490 e. The van der Waals surface area contributed by atoms with Gasteiger partial charge in [-0.15, -0.1) is 0 Å². The van der Waals surface area contributed by atoms with Crippen LogP contribution >= 0.6 is 12.2 Å². The molecule has 3 aromatic rings. The molecule has 0 bridgehead atoms. The maximum absolute atomic E-state index is 5.81. The quantitative estimate of drug-likeness (QED) is 0.587. The Morgan fingerprint density at radius 3 is 2.45 bits per heavy atom. The lowest BCUT2D eigenvalue weighted by Crippen LogP contribution is -3.11. The normalized spacial score (nSPS) is 15.7. The second kappa shape index (κ2) is 8.80. The van der Waals surface area contributed by atoms with Crippen LogP contribution in [0.5, 0.6) is 11.5 Å². The number of nitrogens with one attached hydrogen (secondary N) is 2. The van der Waals surface area contributed by atoms with Crippen LogP contribution in [0.2, 0.25) is 0 Å². The summed E-state index contributed by atoms with van der Waals surface area (Å²) in [4.78, 5) is 5.97. The molecule has 6 nitrogen and oxygen atoms in total. The molecule has 2 N–H and O–H groups in total. The van der Waals surface area contributed by atoms with Crippen LogP contribution in [0.25, 0.3) is 11.4 Å². The number of fused-ring (bicyclic) bond motifs is 1. The first-order valence-electron chi connectivity index (χ1n) is 10.1. The van der Waals surface area contributed by atoms with Crippen molar-refractivity contribution in [3.8, 4) is 22.9 Å². The minimum atomic E-state index is 0.587. The summed E-state index contributed by atoms with van der Waals surface area (Å²) >= 11 is 5.49. The molecule has 0 aliphatic carbocycles. The Labute approximate surface area is 176 Å². The zero-order valence-corrected chi connectivity index (χ0v) is 17.7. The van der Waals surface area contributed by atoms with E-state index in [1.54, 1.807) is 0 Å². The highest BCUT2D eigenvalue weighted by Crippen LogP contribution is 2.32. The third-order valence-corrected chi connectivity index (χ3v) is 5.47. The molecule has 1 atom stereocenters. The second-order valence-electron chi connectivity index (χ2n) is 7.17. The minimum absolute atomic E-state index is 0.587. The molecule has 1 aromatic heterocycles. The fourth-order valence-electron chi connectivity index (χ4n) is 3.79. The van der Waals surface area contributed by atoms with E-state index in [-0.39, 0.29) is 0 Å². The summed E-state index contributed by atoms with van der Waals surface area (Å²) in [5.41, 5.74) is 3.70. The number of aromatic amines is 1. The molecule has 152 valence electrons. The van der Waals surface area contributed by atoms with Gasteiger partial charge in [-0.2, -0.15) is 4.98 Å². The number of H-pyrrole nitrogens is 1. The van der Waals surface area contributed by atoms with E-state index in [0.717, 1.165) is 49.1 Å². The fraction of sp³-hybridized carbons (Fsp3) is 0.364. The van der Waals surface area contributed by atoms with Gasteiger partial charge in [0.15, 0.2) is 24.0 Å². The van der Waals surface area contributed by atoms with E-state index in [9.17, 15) is 0 Å². The van der Waals surface area contributed by atoms with Crippen LogP contribution < -0.4 is 14.4 Å². The van der Waals surface area contributed by atoms with E-state index in [1.807, 2.05) is 48.9 Å². The van der Waals surface area contributed by atoms with Crippen LogP contribution in [0.15, 0.2) is 42.5 Å². The zero-order chi connectivity index (χ0) is 20.2. The highest BCUT2D eigenvalue weighted by atomic mass is 32.1. The highest BCUT2D eigenvalue weighted by molar-refractivity contribution is 7.71. The molecular weight excluding hydrogens is 384 g/mol. The van der Waals surface area contributed by atoms with Crippen molar-refractivity contribution >= 4 is 12.2 Å². The van der Waals surface area contributed by atoms with E-state index in [1.165, 1.54) is 16.0 Å². The predicted octanol–water partition coefficient (Wildman–Crippen LogP) is 3.00. The molecule has 0 spiro atoms. The number of aromatic nitrogens is 3. The van der Waals surface area contributed by atoms with Crippen molar-refractivity contribution < 1.29 is 14.4 Å². The number of quaternary nitrogens is 1. The van der Waals surface area contributed by atoms with Gasteiger partial charge in [-0.25, -0.2) is 4.68 Å². The van der Waals surface area contributed by atoms with Crippen molar-refractivity contribution in [2.24, 2.45) is 0 Å². The van der Waals surface area contributed by atoms with Crippen LogP contribution in [0.4, 0.5) is 0 Å².